The van der Waals surface area contributed by atoms with Crippen LogP contribution in [0.2, 0.25) is 0 Å². The van der Waals surface area contributed by atoms with Crippen molar-refractivity contribution in [2.75, 3.05) is 25.5 Å². The second kappa shape index (κ2) is 45.2. The topological polar surface area (TPSA) is 456 Å². The van der Waals surface area contributed by atoms with Crippen LogP contribution >= 0.6 is 12.1 Å². The fourth-order valence-corrected chi connectivity index (χ4v) is 27.7. The molecule has 0 spiro atoms. The van der Waals surface area contributed by atoms with Crippen molar-refractivity contribution in [1.29, 1.82) is 0 Å². The number of carbonyl (C=O) groups is 16. The standard InChI is InChI=1S/C97H124N14O18P2S2/c1-55(81(98)113)106-92(124)96(11,12)108-87(119)61(7)102-84(116)59(5)104-88(120)79(53-130(132,65-35-19-15-20-36-65)66-37-21-16-22-38-66)110(94(126)128-51-77-73-47-31-27-43-69(73)70-44-28-32-48-74(70)77)90(122)62(8)105-85(117)57(3)100-83(115)58(4)103-89(121)80(54-131(133,67-39-23-17-24-40-67)68-41-25-18-26-42-68)111(95(127)129-52-78-75-49-33-29-45-71(75)72-46-30-34-50-76(72)78)91(123)63(9)107-93(125)97(13,14)109-86(118)60(6)101-82(114)56(2)99-64(10)112/h17-18,23-34,39-50,55-63,65-66,77-80H,15-16,19-22,35-38,51-54H2,1-14H3,(H2,98,113)(H,99,112)(H,100,115)(H,101,114)(H,102,116)(H,103,121)(H,104,120)(H,105,117)(H,106,124)(H,107,125)(H,108,119)(H,109,118)/t55-,56-,57-,58-,59-,60-,61-,62-,63-,79-,80+/m0/s1. The van der Waals surface area contributed by atoms with E-state index in [0.717, 1.165) is 109 Å². The maximum atomic E-state index is 16.1. The van der Waals surface area contributed by atoms with Crippen LogP contribution in [0.3, 0.4) is 0 Å². The molecule has 133 heavy (non-hydrogen) atoms. The van der Waals surface area contributed by atoms with Gasteiger partial charge in [-0.2, -0.15) is 0 Å². The predicted molar refractivity (Wildman–Crippen MR) is 513 cm³/mol. The maximum Gasteiger partial charge on any atom is 0.417 e. The number of rotatable bonds is 38. The summed E-state index contributed by atoms with van der Waals surface area (Å²) in [5, 5.41) is 29.4. The highest BCUT2D eigenvalue weighted by atomic mass is 32.4. The van der Waals surface area contributed by atoms with Crippen LogP contribution in [0.25, 0.3) is 22.3 Å². The average Bonchev–Trinajstić information content (AvgIpc) is 1.73. The van der Waals surface area contributed by atoms with Gasteiger partial charge in [-0.1, -0.05) is 220 Å². The highest BCUT2D eigenvalue weighted by Crippen LogP contribution is 2.64. The van der Waals surface area contributed by atoms with Crippen LogP contribution in [0.4, 0.5) is 9.59 Å². The largest absolute Gasteiger partial charge is 0.448 e. The van der Waals surface area contributed by atoms with Crippen molar-refractivity contribution in [3.8, 4) is 22.3 Å². The van der Waals surface area contributed by atoms with Gasteiger partial charge in [0.25, 0.3) is 11.8 Å². The molecule has 0 aromatic heterocycles. The zero-order valence-electron chi connectivity index (χ0n) is 77.6. The van der Waals surface area contributed by atoms with E-state index in [2.05, 4.69) is 58.5 Å². The van der Waals surface area contributed by atoms with Crippen LogP contribution in [0.5, 0.6) is 0 Å². The fourth-order valence-electron chi connectivity index (χ4n) is 17.5. The number of primary amides is 1. The van der Waals surface area contributed by atoms with E-state index < -0.39 is 209 Å². The first kappa shape index (κ1) is 103. The molecule has 36 heteroatoms. The van der Waals surface area contributed by atoms with E-state index in [4.69, 9.17) is 38.8 Å². The first-order valence-corrected chi connectivity index (χ1v) is 51.3. The van der Waals surface area contributed by atoms with Crippen LogP contribution in [0.1, 0.15) is 195 Å². The summed E-state index contributed by atoms with van der Waals surface area (Å²) in [5.74, 6) is -14.1. The van der Waals surface area contributed by atoms with Crippen molar-refractivity contribution in [2.45, 2.75) is 262 Å². The highest BCUT2D eigenvalue weighted by Gasteiger charge is 2.50. The molecule has 0 radical (unpaired) electrons. The summed E-state index contributed by atoms with van der Waals surface area (Å²) in [7, 11) is 0. The first-order chi connectivity index (χ1) is 62.9. The smallest absolute Gasteiger partial charge is 0.417 e. The number of imide groups is 2. The van der Waals surface area contributed by atoms with Gasteiger partial charge < -0.3 is 73.7 Å². The second-order valence-electron chi connectivity index (χ2n) is 36.1. The van der Waals surface area contributed by atoms with Crippen molar-refractivity contribution in [3.05, 3.63) is 180 Å². The van der Waals surface area contributed by atoms with Crippen LogP contribution in [0, 0.1) is 0 Å². The molecule has 32 nitrogen and oxygen atoms in total. The summed E-state index contributed by atoms with van der Waals surface area (Å²) in [6, 6.07) is 24.4. The molecule has 16 amide bonds. The Hall–Kier alpha value is -11.9. The lowest BCUT2D eigenvalue weighted by Gasteiger charge is -2.44. The van der Waals surface area contributed by atoms with Crippen molar-refractivity contribution in [3.63, 3.8) is 0 Å². The quantitative estimate of drug-likeness (QED) is 0.0168. The van der Waals surface area contributed by atoms with Gasteiger partial charge in [-0.05, 0) is 188 Å². The Morgan fingerprint density at radius 3 is 0.970 bits per heavy atom. The Morgan fingerprint density at radius 1 is 0.361 bits per heavy atom. The molecule has 0 unspecified atom stereocenters. The Morgan fingerprint density at radius 2 is 0.639 bits per heavy atom. The third-order valence-electron chi connectivity index (χ3n) is 25.2. The number of ether oxygens (including phenoxy) is 2. The molecule has 6 aromatic rings. The molecule has 0 saturated heterocycles. The minimum absolute atomic E-state index is 0.0824. The van der Waals surface area contributed by atoms with E-state index in [0.29, 0.717) is 20.4 Å². The lowest BCUT2D eigenvalue weighted by Crippen LogP contribution is -2.64. The van der Waals surface area contributed by atoms with Crippen molar-refractivity contribution >= 4 is 141 Å². The number of fused-ring (bicyclic) bond motifs is 6. The second-order valence-corrected chi connectivity index (χ2v) is 46.4. The van der Waals surface area contributed by atoms with Crippen molar-refractivity contribution < 1.29 is 86.2 Å². The molecular formula is C97H124N14O18P2S2. The number of carbonyl (C=O) groups excluding carboxylic acids is 16. The molecule has 0 bridgehead atoms. The van der Waals surface area contributed by atoms with E-state index in [9.17, 15) is 43.2 Å². The summed E-state index contributed by atoms with van der Waals surface area (Å²) in [4.78, 5) is 233. The molecule has 0 aliphatic heterocycles. The number of nitrogens with zero attached hydrogens (tertiary/aromatic N) is 2. The van der Waals surface area contributed by atoms with Crippen LogP contribution in [0.15, 0.2) is 158 Å². The third-order valence-corrected chi connectivity index (χ3v) is 36.7. The third kappa shape index (κ3) is 25.2. The molecule has 0 heterocycles. The Balaban J connectivity index is 0.961. The molecular weight excluding hydrogens is 1780 g/mol. The van der Waals surface area contributed by atoms with Crippen LogP contribution in [-0.2, 0) is 100 Å². The molecule has 712 valence electrons. The van der Waals surface area contributed by atoms with Gasteiger partial charge in [0.05, 0.1) is 0 Å². The summed E-state index contributed by atoms with van der Waals surface area (Å²) < 4.78 is 12.6. The number of amides is 16. The van der Waals surface area contributed by atoms with Crippen LogP contribution in [-0.4, -0.2) is 219 Å². The minimum Gasteiger partial charge on any atom is -0.448 e. The first-order valence-electron chi connectivity index (χ1n) is 45.2. The number of hydrogen-bond donors (Lipinski definition) is 12. The fraction of sp³-hybridized carbons (Fsp3) is 0.464. The molecule has 11 atom stereocenters. The SMILES string of the molecule is CC(=O)N[C@@H](C)C(=O)N[C@@H](C)C(=O)NC(C)(C)C(=O)N[C@@H](C)C(=O)N(C(=O)OCC1c2ccccc2-c2ccccc21)[C@H](CP(=S)(c1ccccc1)c1ccccc1)C(=O)N[C@@H](C)C(=O)N[C@@H](C)C(=O)N[C@@H](C)C(=O)N(C(=O)OCC1c2ccccc2-c2ccccc21)[C@@H](CP(=S)(C1CCCCC1)C1CCCCC1)C(=O)N[C@@H](C)C(=O)N[C@@H](C)C(=O)NC(C)(C)C(=O)N[C@@H](C)C(N)=O. The maximum absolute atomic E-state index is 16.1. The van der Waals surface area contributed by atoms with E-state index >= 15 is 33.6 Å². The Labute approximate surface area is 786 Å². The lowest BCUT2D eigenvalue weighted by atomic mass is 9.98. The highest BCUT2D eigenvalue weighted by molar-refractivity contribution is 8.22. The number of nitrogens with one attached hydrogen (secondary N) is 11. The molecule has 13 N–H and O–H groups in total. The normalized spacial score (nSPS) is 16.4. The molecule has 6 aromatic carbocycles. The molecule has 4 aliphatic carbocycles. The van der Waals surface area contributed by atoms with Gasteiger partial charge in [-0.15, -0.1) is 0 Å². The van der Waals surface area contributed by atoms with Crippen molar-refractivity contribution in [1.82, 2.24) is 68.3 Å². The lowest BCUT2D eigenvalue weighted by molar-refractivity contribution is -0.142. The van der Waals surface area contributed by atoms with Gasteiger partial charge in [-0.3, -0.25) is 67.1 Å². The zero-order valence-corrected chi connectivity index (χ0v) is 81.0. The van der Waals surface area contributed by atoms with Gasteiger partial charge in [0, 0.05) is 37.1 Å². The van der Waals surface area contributed by atoms with E-state index in [1.165, 1.54) is 96.9 Å². The van der Waals surface area contributed by atoms with Gasteiger partial charge in [0.2, 0.25) is 70.9 Å². The van der Waals surface area contributed by atoms with E-state index in [-0.39, 0.29) is 24.1 Å². The van der Waals surface area contributed by atoms with Gasteiger partial charge in [0.1, 0.15) is 90.8 Å². The number of benzene rings is 6. The molecule has 2 saturated carbocycles. The Bertz CT molecular complexity index is 5320. The van der Waals surface area contributed by atoms with E-state index in [1.807, 2.05) is 97.1 Å². The molecule has 4 aliphatic rings. The van der Waals surface area contributed by atoms with Crippen LogP contribution < -0.4 is 74.8 Å². The van der Waals surface area contributed by atoms with Crippen molar-refractivity contribution in [2.24, 2.45) is 5.73 Å². The summed E-state index contributed by atoms with van der Waals surface area (Å²) >= 11 is 13.8. The van der Waals surface area contributed by atoms with Gasteiger partial charge in [0.15, 0.2) is 0 Å². The minimum atomic E-state index is -3.47. The average molecular weight is 1900 g/mol. The van der Waals surface area contributed by atoms with Gasteiger partial charge >= 0.3 is 12.2 Å². The van der Waals surface area contributed by atoms with E-state index in [1.54, 1.807) is 60.7 Å². The predicted octanol–water partition coefficient (Wildman–Crippen LogP) is 7.39. The molecule has 2 fully saturated rings. The molecule has 10 rings (SSSR count). The summed E-state index contributed by atoms with van der Waals surface area (Å²) in [6.07, 6.45) is 4.78. The summed E-state index contributed by atoms with van der Waals surface area (Å²) in [5.41, 5.74) is 8.42. The van der Waals surface area contributed by atoms with Gasteiger partial charge in [-0.25, -0.2) is 19.4 Å². The summed E-state index contributed by atoms with van der Waals surface area (Å²) in [6.45, 7) is 17.7. The Kier molecular flexibility index (Phi) is 35.1. The number of hydrogen-bond acceptors (Lipinski definition) is 20. The zero-order chi connectivity index (χ0) is 97.3. The number of nitrogens with two attached hydrogens (primary N) is 1. The monoisotopic (exact) mass is 1900 g/mol.